The van der Waals surface area contributed by atoms with E-state index >= 15 is 0 Å². The quantitative estimate of drug-likeness (QED) is 0.101. The molecule has 0 aliphatic heterocycles. The third-order valence-corrected chi connectivity index (χ3v) is 17.9. The van der Waals surface area contributed by atoms with Gasteiger partial charge in [-0.05, 0) is 87.3 Å². The molecular formula is C65H62GeIrN4O-2. The Hall–Kier alpha value is -6.44. The maximum atomic E-state index is 6.74. The molecule has 0 atom stereocenters. The Kier molecular flexibility index (Phi) is 14.7. The summed E-state index contributed by atoms with van der Waals surface area (Å²) in [7, 11) is 0. The fourth-order valence-corrected chi connectivity index (χ4v) is 13.4. The van der Waals surface area contributed by atoms with Crippen LogP contribution in [0.5, 0.6) is 0 Å². The molecule has 4 heterocycles. The first-order valence-electron chi connectivity index (χ1n) is 25.1. The molecule has 0 saturated heterocycles. The van der Waals surface area contributed by atoms with Crippen molar-refractivity contribution in [1.82, 2.24) is 19.5 Å². The number of aromatic nitrogens is 4. The Labute approximate surface area is 441 Å². The van der Waals surface area contributed by atoms with Gasteiger partial charge in [0, 0.05) is 36.7 Å². The maximum Gasteiger partial charge on any atom is 0.216 e. The van der Waals surface area contributed by atoms with Gasteiger partial charge in [0.2, 0.25) is 5.71 Å². The number of nitrogens with zero attached hydrogens (tertiary/aromatic N) is 4. The summed E-state index contributed by atoms with van der Waals surface area (Å²) < 4.78 is 10.6. The van der Waals surface area contributed by atoms with Gasteiger partial charge in [0.05, 0.1) is 28.1 Å². The van der Waals surface area contributed by atoms with E-state index in [-0.39, 0.29) is 31.9 Å². The molecular weight excluding hydrogens is 1120 g/mol. The van der Waals surface area contributed by atoms with Crippen molar-refractivity contribution in [2.45, 2.75) is 84.0 Å². The summed E-state index contributed by atoms with van der Waals surface area (Å²) >= 11 is -1.86. The van der Waals surface area contributed by atoms with Crippen LogP contribution in [-0.4, -0.2) is 32.8 Å². The van der Waals surface area contributed by atoms with Gasteiger partial charge in [-0.2, -0.15) is 0 Å². The molecule has 0 aliphatic rings. The number of pyridine rings is 2. The fourth-order valence-electron chi connectivity index (χ4n) is 10.1. The zero-order chi connectivity index (χ0) is 49.6. The molecule has 0 fully saturated rings. The van der Waals surface area contributed by atoms with E-state index in [1.54, 1.807) is 4.40 Å². The van der Waals surface area contributed by atoms with Gasteiger partial charge >= 0.3 is 126 Å². The predicted octanol–water partition coefficient (Wildman–Crippen LogP) is 17.1. The molecule has 5 nitrogen and oxygen atoms in total. The van der Waals surface area contributed by atoms with E-state index in [1.807, 2.05) is 36.4 Å². The van der Waals surface area contributed by atoms with E-state index in [4.69, 9.17) is 19.4 Å². The molecule has 0 aliphatic carbocycles. The summed E-state index contributed by atoms with van der Waals surface area (Å²) in [6, 6.07) is 62.4. The Morgan fingerprint density at radius 3 is 2.03 bits per heavy atom. The molecule has 1 radical (unpaired) electrons. The summed E-state index contributed by atoms with van der Waals surface area (Å²) in [6.45, 7) is 15.8. The molecule has 4 aromatic heterocycles. The van der Waals surface area contributed by atoms with Crippen LogP contribution < -0.4 is 4.40 Å². The van der Waals surface area contributed by atoms with E-state index in [2.05, 4.69) is 210 Å². The van der Waals surface area contributed by atoms with E-state index < -0.39 is 13.3 Å². The van der Waals surface area contributed by atoms with Crippen molar-refractivity contribution in [3.8, 4) is 50.7 Å². The molecule has 7 aromatic carbocycles. The van der Waals surface area contributed by atoms with Crippen LogP contribution in [0, 0.1) is 25.0 Å². The van der Waals surface area contributed by atoms with Crippen LogP contribution in [0.1, 0.15) is 75.6 Å². The first kappa shape index (κ1) is 50.5. The van der Waals surface area contributed by atoms with Crippen LogP contribution in [0.4, 0.5) is 0 Å². The predicted molar refractivity (Wildman–Crippen MR) is 302 cm³/mol. The molecule has 363 valence electrons. The van der Waals surface area contributed by atoms with Crippen molar-refractivity contribution in [3.63, 3.8) is 0 Å². The Bertz CT molecular complexity index is 3690. The van der Waals surface area contributed by atoms with Gasteiger partial charge in [0.15, 0.2) is 0 Å². The van der Waals surface area contributed by atoms with Gasteiger partial charge in [-0.3, -0.25) is 4.98 Å². The number of para-hydroxylation sites is 2. The molecule has 0 bridgehead atoms. The molecule has 7 heteroatoms. The molecule has 72 heavy (non-hydrogen) atoms. The SMILES string of the molecule is CC(C)Cc1cc(-c2[c-]cccc2)nc[c]1[Ge]([CH3])([CH3])[CH3].Cc1c[c-]c(-c2nc3ccccc3n2-c2c(C(C)C)cc(-c3ccc4ccccc4c3)cc2C(C)C)c2oc3nc(-c4ccccc4)ccc3c12.[Ir]. The summed E-state index contributed by atoms with van der Waals surface area (Å²) in [5.41, 5.74) is 17.0. The van der Waals surface area contributed by atoms with E-state index in [0.29, 0.717) is 11.6 Å². The number of benzene rings is 7. The second-order valence-corrected chi connectivity index (χ2v) is 31.6. The number of hydrogen-bond donors (Lipinski definition) is 0. The minimum Gasteiger partial charge on any atom is -0.486 e. The van der Waals surface area contributed by atoms with Crippen molar-refractivity contribution < 1.29 is 24.5 Å². The van der Waals surface area contributed by atoms with E-state index in [0.717, 1.165) is 73.3 Å². The van der Waals surface area contributed by atoms with Crippen LogP contribution in [0.25, 0.3) is 94.6 Å². The normalized spacial score (nSPS) is 11.8. The van der Waals surface area contributed by atoms with Crippen LogP contribution in [0.15, 0.2) is 168 Å². The third kappa shape index (κ3) is 10.0. The molecule has 11 aromatic rings. The monoisotopic (exact) mass is 1180 g/mol. The number of imidazole rings is 1. The van der Waals surface area contributed by atoms with Gasteiger partial charge < -0.3 is 8.98 Å². The average molecular weight is 1180 g/mol. The minimum absolute atomic E-state index is 0. The standard InChI is InChI=1S/C47H38N3O.C18H24GeN.Ir/c1-28(2)38-26-35(34-21-20-31-13-9-10-16-33(31)25-34)27-39(29(3)4)44(38)50-42-18-12-11-17-41(42)48-46(50)37-22-19-30(5)43-36-23-24-40(32-14-7-6-8-15-32)49-47(36)51-45(37)43;1-14(2)11-16-12-18(15-9-7-6-8-10-15)20-13-17(16)19(3,4)5;/h6-21,23-29H,1-5H3;6-9,12-14H,11H2,1-5H3;/q2*-1;. The number of fused-ring (bicyclic) bond motifs is 5. The van der Waals surface area contributed by atoms with E-state index in [1.165, 1.54) is 44.3 Å². The summed E-state index contributed by atoms with van der Waals surface area (Å²) in [5, 5.41) is 4.53. The number of furan rings is 1. The van der Waals surface area contributed by atoms with Crippen LogP contribution in [-0.2, 0) is 26.5 Å². The van der Waals surface area contributed by atoms with Crippen molar-refractivity contribution in [2.24, 2.45) is 5.92 Å². The van der Waals surface area contributed by atoms with Crippen LogP contribution in [0.3, 0.4) is 0 Å². The topological polar surface area (TPSA) is 56.7 Å². The van der Waals surface area contributed by atoms with Crippen molar-refractivity contribution >= 4 is 61.5 Å². The minimum atomic E-state index is -1.86. The largest absolute Gasteiger partial charge is 0.486 e. The molecule has 0 unspecified atom stereocenters. The van der Waals surface area contributed by atoms with Gasteiger partial charge in [-0.15, -0.1) is 17.7 Å². The van der Waals surface area contributed by atoms with Crippen molar-refractivity contribution in [2.75, 3.05) is 0 Å². The summed E-state index contributed by atoms with van der Waals surface area (Å²) in [4.78, 5) is 15.0. The average Bonchev–Trinajstić information content (AvgIpc) is 3.95. The summed E-state index contributed by atoms with van der Waals surface area (Å²) in [5.74, 6) is 9.31. The Balaban J connectivity index is 0.000000257. The second kappa shape index (κ2) is 21.0. The summed E-state index contributed by atoms with van der Waals surface area (Å²) in [6.07, 6.45) is 3.27. The maximum absolute atomic E-state index is 6.74. The van der Waals surface area contributed by atoms with Crippen molar-refractivity contribution in [1.29, 1.82) is 0 Å². The van der Waals surface area contributed by atoms with Gasteiger partial charge in [-0.1, -0.05) is 124 Å². The zero-order valence-corrected chi connectivity index (χ0v) is 47.6. The fraction of sp³-hybridized carbons (Fsp3) is 0.215. The number of aryl methyl sites for hydroxylation is 1. The smallest absolute Gasteiger partial charge is 0.216 e. The Morgan fingerprint density at radius 2 is 1.33 bits per heavy atom. The first-order chi connectivity index (χ1) is 34.2. The molecule has 0 N–H and O–H groups in total. The number of rotatable bonds is 10. The van der Waals surface area contributed by atoms with Crippen molar-refractivity contribution in [3.05, 3.63) is 198 Å². The van der Waals surface area contributed by atoms with Crippen LogP contribution >= 0.6 is 0 Å². The molecule has 0 amide bonds. The first-order valence-corrected chi connectivity index (χ1v) is 32.5. The zero-order valence-electron chi connectivity index (χ0n) is 43.1. The number of hydrogen-bond acceptors (Lipinski definition) is 4. The Morgan fingerprint density at radius 1 is 0.639 bits per heavy atom. The molecule has 11 rings (SSSR count). The van der Waals surface area contributed by atoms with Gasteiger partial charge in [0.25, 0.3) is 0 Å². The second-order valence-electron chi connectivity index (χ2n) is 21.1. The molecule has 0 spiro atoms. The van der Waals surface area contributed by atoms with Crippen LogP contribution in [0.2, 0.25) is 17.3 Å². The molecule has 0 saturated carbocycles. The van der Waals surface area contributed by atoms with Gasteiger partial charge in [0.1, 0.15) is 0 Å². The van der Waals surface area contributed by atoms with Gasteiger partial charge in [-0.25, -0.2) is 4.98 Å². The third-order valence-electron chi connectivity index (χ3n) is 13.6. The van der Waals surface area contributed by atoms with E-state index in [9.17, 15) is 0 Å².